The molecule has 14 nitrogen and oxygen atoms in total. The predicted molar refractivity (Wildman–Crippen MR) is 117 cm³/mol. The number of non-ortho nitro benzene ring substituents is 1. The Hall–Kier alpha value is -5.09. The van der Waals surface area contributed by atoms with E-state index in [9.17, 15) is 38.5 Å². The van der Waals surface area contributed by atoms with Crippen molar-refractivity contribution in [2.24, 2.45) is 5.10 Å². The summed E-state index contributed by atoms with van der Waals surface area (Å²) in [4.78, 5) is 32.0. The minimum absolute atomic E-state index is 0.000935. The number of alkyl halides is 3. The maximum Gasteiger partial charge on any atom is 0.416 e. The Morgan fingerprint density at radius 3 is 2.34 bits per heavy atom. The number of nitrogens with one attached hydrogen (secondary N) is 3. The molecule has 0 aliphatic heterocycles. The molecule has 4 N–H and O–H groups in total. The normalized spacial score (nSPS) is 11.3. The number of anilines is 4. The Morgan fingerprint density at radius 1 is 1.03 bits per heavy atom. The highest BCUT2D eigenvalue weighted by molar-refractivity contribution is 5.87. The van der Waals surface area contributed by atoms with Gasteiger partial charge in [-0.25, -0.2) is 5.43 Å². The molecule has 3 rings (SSSR count). The number of hydrogen-bond donors (Lipinski definition) is 4. The van der Waals surface area contributed by atoms with Crippen molar-refractivity contribution in [3.05, 3.63) is 67.8 Å². The summed E-state index contributed by atoms with van der Waals surface area (Å²) in [6, 6.07) is 5.76. The number of phenolic OH excluding ortho intramolecular Hbond substituents is 1. The number of nitro groups is 2. The first kappa shape index (κ1) is 24.6. The van der Waals surface area contributed by atoms with Gasteiger partial charge in [-0.1, -0.05) is 6.07 Å². The number of nitro benzene ring substituents is 2. The van der Waals surface area contributed by atoms with Crippen molar-refractivity contribution >= 4 is 41.1 Å². The van der Waals surface area contributed by atoms with E-state index in [0.29, 0.717) is 6.07 Å². The lowest BCUT2D eigenvalue weighted by Gasteiger charge is -2.11. The second kappa shape index (κ2) is 9.81. The first-order valence-electron chi connectivity index (χ1n) is 9.31. The molecule has 0 aliphatic rings. The molecular formula is C18H14F3N9O5. The van der Waals surface area contributed by atoms with Crippen LogP contribution in [0.3, 0.4) is 0 Å². The minimum Gasteiger partial charge on any atom is -0.502 e. The van der Waals surface area contributed by atoms with Gasteiger partial charge in [-0.15, -0.1) is 0 Å². The van der Waals surface area contributed by atoms with E-state index in [4.69, 9.17) is 0 Å². The highest BCUT2D eigenvalue weighted by atomic mass is 19.4. The fourth-order valence-corrected chi connectivity index (χ4v) is 2.62. The number of nitrogens with zero attached hydrogens (tertiary/aromatic N) is 6. The highest BCUT2D eigenvalue weighted by Gasteiger charge is 2.30. The van der Waals surface area contributed by atoms with E-state index in [1.807, 2.05) is 0 Å². The van der Waals surface area contributed by atoms with Crippen LogP contribution in [0.25, 0.3) is 0 Å². The molecule has 0 spiro atoms. The van der Waals surface area contributed by atoms with Crippen molar-refractivity contribution in [3.63, 3.8) is 0 Å². The van der Waals surface area contributed by atoms with Crippen molar-refractivity contribution in [3.8, 4) is 5.75 Å². The summed E-state index contributed by atoms with van der Waals surface area (Å²) in [6.45, 7) is 0. The van der Waals surface area contributed by atoms with Gasteiger partial charge in [0.2, 0.25) is 23.6 Å². The van der Waals surface area contributed by atoms with E-state index in [1.54, 1.807) is 0 Å². The smallest absolute Gasteiger partial charge is 0.416 e. The van der Waals surface area contributed by atoms with Crippen LogP contribution in [0.5, 0.6) is 5.75 Å². The average Bonchev–Trinajstić information content (AvgIpc) is 2.79. The lowest BCUT2D eigenvalue weighted by Crippen LogP contribution is -2.08. The van der Waals surface area contributed by atoms with Crippen molar-refractivity contribution in [2.75, 3.05) is 23.1 Å². The molecule has 0 aliphatic carbocycles. The maximum atomic E-state index is 12.9. The molecule has 35 heavy (non-hydrogen) atoms. The quantitative estimate of drug-likeness (QED) is 0.203. The Balaban J connectivity index is 1.87. The molecular weight excluding hydrogens is 479 g/mol. The fourth-order valence-electron chi connectivity index (χ4n) is 2.62. The first-order chi connectivity index (χ1) is 16.5. The number of aromatic hydroxyl groups is 1. The largest absolute Gasteiger partial charge is 0.502 e. The Morgan fingerprint density at radius 2 is 1.71 bits per heavy atom. The average molecular weight is 493 g/mol. The molecule has 0 bridgehead atoms. The number of rotatable bonds is 8. The van der Waals surface area contributed by atoms with Gasteiger partial charge in [-0.3, -0.25) is 20.2 Å². The van der Waals surface area contributed by atoms with Gasteiger partial charge in [0.15, 0.2) is 0 Å². The monoisotopic (exact) mass is 493 g/mol. The summed E-state index contributed by atoms with van der Waals surface area (Å²) in [6.07, 6.45) is -3.69. The van der Waals surface area contributed by atoms with Crippen molar-refractivity contribution in [1.29, 1.82) is 0 Å². The van der Waals surface area contributed by atoms with E-state index < -0.39 is 38.7 Å². The van der Waals surface area contributed by atoms with Gasteiger partial charge in [-0.2, -0.15) is 33.2 Å². The lowest BCUT2D eigenvalue weighted by molar-refractivity contribution is -0.394. The fraction of sp³-hybridized carbons (Fsp3) is 0.111. The zero-order valence-corrected chi connectivity index (χ0v) is 17.4. The van der Waals surface area contributed by atoms with Crippen LogP contribution in [0.1, 0.15) is 11.1 Å². The van der Waals surface area contributed by atoms with Crippen LogP contribution in [0.15, 0.2) is 41.5 Å². The van der Waals surface area contributed by atoms with E-state index in [2.05, 4.69) is 36.1 Å². The summed E-state index contributed by atoms with van der Waals surface area (Å²) in [5.41, 5.74) is -0.394. The molecule has 0 fully saturated rings. The topological polar surface area (TPSA) is 194 Å². The zero-order chi connectivity index (χ0) is 25.8. The third kappa shape index (κ3) is 6.03. The summed E-state index contributed by atoms with van der Waals surface area (Å²) in [7, 11) is 1.47. The lowest BCUT2D eigenvalue weighted by atomic mass is 10.1. The number of benzene rings is 2. The number of phenols is 1. The second-order valence-corrected chi connectivity index (χ2v) is 6.55. The van der Waals surface area contributed by atoms with Gasteiger partial charge < -0.3 is 15.7 Å². The molecule has 0 unspecified atom stereocenters. The van der Waals surface area contributed by atoms with Crippen molar-refractivity contribution in [1.82, 2.24) is 15.0 Å². The van der Waals surface area contributed by atoms with Crippen molar-refractivity contribution < 1.29 is 28.1 Å². The van der Waals surface area contributed by atoms with Crippen LogP contribution in [-0.4, -0.2) is 43.2 Å². The summed E-state index contributed by atoms with van der Waals surface area (Å²) < 4.78 is 38.8. The maximum absolute atomic E-state index is 12.9. The summed E-state index contributed by atoms with van der Waals surface area (Å²) in [5.74, 6) is -1.23. The van der Waals surface area contributed by atoms with Gasteiger partial charge in [0.25, 0.3) is 5.69 Å². The van der Waals surface area contributed by atoms with E-state index in [-0.39, 0.29) is 29.1 Å². The first-order valence-corrected chi connectivity index (χ1v) is 9.31. The Kier molecular flexibility index (Phi) is 6.88. The summed E-state index contributed by atoms with van der Waals surface area (Å²) >= 11 is 0. The van der Waals surface area contributed by atoms with Crippen molar-refractivity contribution in [2.45, 2.75) is 6.18 Å². The van der Waals surface area contributed by atoms with Crippen LogP contribution < -0.4 is 16.1 Å². The molecule has 1 aromatic heterocycles. The number of halogens is 3. The van der Waals surface area contributed by atoms with Gasteiger partial charge in [-0.05, 0) is 18.2 Å². The van der Waals surface area contributed by atoms with Gasteiger partial charge in [0.1, 0.15) is 0 Å². The van der Waals surface area contributed by atoms with E-state index in [1.165, 1.54) is 19.2 Å². The van der Waals surface area contributed by atoms with Crippen LogP contribution in [0, 0.1) is 20.2 Å². The molecule has 1 heterocycles. The minimum atomic E-state index is -4.55. The van der Waals surface area contributed by atoms with E-state index in [0.717, 1.165) is 24.4 Å². The third-order valence-corrected chi connectivity index (χ3v) is 4.18. The second-order valence-electron chi connectivity index (χ2n) is 6.55. The molecule has 182 valence electrons. The molecule has 0 saturated carbocycles. The van der Waals surface area contributed by atoms with Crippen LogP contribution in [0.2, 0.25) is 0 Å². The SMILES string of the molecule is CNc1nc(N/N=C\c2cc([N+](=O)[O-])cc([N+](=O)[O-])c2O)nc(Nc2cccc(C(F)(F)F)c2)n1. The van der Waals surface area contributed by atoms with Gasteiger partial charge >= 0.3 is 11.9 Å². The molecule has 3 aromatic rings. The van der Waals surface area contributed by atoms with Gasteiger partial charge in [0.05, 0.1) is 33.3 Å². The predicted octanol–water partition coefficient (Wildman–Crippen LogP) is 3.64. The molecule has 0 atom stereocenters. The van der Waals surface area contributed by atoms with Crippen LogP contribution in [-0.2, 0) is 6.18 Å². The van der Waals surface area contributed by atoms with E-state index >= 15 is 0 Å². The number of aromatic nitrogens is 3. The van der Waals surface area contributed by atoms with Crippen LogP contribution in [0.4, 0.5) is 48.1 Å². The molecule has 0 amide bonds. The Labute approximate surface area is 192 Å². The summed E-state index contributed by atoms with van der Waals surface area (Å²) in [5, 5.41) is 41.0. The zero-order valence-electron chi connectivity index (χ0n) is 17.4. The third-order valence-electron chi connectivity index (χ3n) is 4.18. The highest BCUT2D eigenvalue weighted by Crippen LogP contribution is 2.33. The number of hydrazone groups is 1. The molecule has 2 aromatic carbocycles. The number of hydrogen-bond acceptors (Lipinski definition) is 12. The molecule has 0 saturated heterocycles. The Bertz CT molecular complexity index is 1320. The van der Waals surface area contributed by atoms with Gasteiger partial charge in [0, 0.05) is 18.8 Å². The molecule has 17 heteroatoms. The standard InChI is InChI=1S/C18H14F3N9O5/c1-22-15-25-16(24-11-4-2-3-10(6-11)18(19,20)21)27-17(26-15)28-23-8-9-5-12(29(32)33)7-13(14(9)31)30(34)35/h2-8,31H,1H3,(H3,22,24,25,26,27,28)/b23-8-. The van der Waals surface area contributed by atoms with Crippen LogP contribution >= 0.6 is 0 Å². The molecule has 0 radical (unpaired) electrons.